The fourth-order valence-electron chi connectivity index (χ4n) is 3.02. The molecule has 0 aliphatic carbocycles. The second-order valence-corrected chi connectivity index (χ2v) is 8.30. The smallest absolute Gasteiger partial charge is 0.311 e. The Morgan fingerprint density at radius 3 is 2.30 bits per heavy atom. The van der Waals surface area contributed by atoms with Crippen molar-refractivity contribution in [2.24, 2.45) is 11.8 Å². The quantitative estimate of drug-likeness (QED) is 0.352. The van der Waals surface area contributed by atoms with Crippen molar-refractivity contribution in [2.75, 3.05) is 7.11 Å². The van der Waals surface area contributed by atoms with Gasteiger partial charge >= 0.3 is 5.97 Å². The molecule has 0 aliphatic rings. The van der Waals surface area contributed by atoms with Crippen LogP contribution in [0.15, 0.2) is 12.7 Å². The summed E-state index contributed by atoms with van der Waals surface area (Å²) < 4.78 is 11.1. The van der Waals surface area contributed by atoms with Crippen molar-refractivity contribution in [1.82, 2.24) is 0 Å². The molecule has 0 fully saturated rings. The van der Waals surface area contributed by atoms with E-state index in [9.17, 15) is 4.79 Å². The molecule has 2 unspecified atom stereocenters. The van der Waals surface area contributed by atoms with Crippen LogP contribution in [0.1, 0.15) is 53.9 Å². The van der Waals surface area contributed by atoms with Gasteiger partial charge in [-0.25, -0.2) is 0 Å². The van der Waals surface area contributed by atoms with Gasteiger partial charge in [0.25, 0.3) is 0 Å². The predicted octanol–water partition coefficient (Wildman–Crippen LogP) is 3.48. The molecule has 0 aromatic carbocycles. The van der Waals surface area contributed by atoms with Crippen LogP contribution in [0.25, 0.3) is 0 Å². The Morgan fingerprint density at radius 1 is 1.35 bits per heavy atom. The molecule has 0 heterocycles. The maximum Gasteiger partial charge on any atom is 0.311 e. The van der Waals surface area contributed by atoms with Crippen LogP contribution in [-0.2, 0) is 14.0 Å². The van der Waals surface area contributed by atoms with Crippen LogP contribution < -0.4 is 0 Å². The van der Waals surface area contributed by atoms with Gasteiger partial charge in [0.05, 0.1) is 11.1 Å². The maximum atomic E-state index is 12.8. The monoisotopic (exact) mass is 300 g/mol. The van der Waals surface area contributed by atoms with Gasteiger partial charge in [0.15, 0.2) is 9.76 Å². The SMILES string of the molecule is C=CCC([SiH2]OC)(C(=O)OC(C)C)C(CCC)C(C)C. The molecular weight excluding hydrogens is 268 g/mol. The molecule has 0 aromatic rings. The standard InChI is InChI=1S/C16H32O3Si/c1-8-10-14(12(3)4)16(11-9-2,20-18-7)15(17)19-13(5)6/h9,12-14H,2,8,10-11,20H2,1,3-7H3. The molecule has 3 nitrogen and oxygen atoms in total. The minimum atomic E-state index is -1.03. The van der Waals surface area contributed by atoms with Crippen molar-refractivity contribution in [3.63, 3.8) is 0 Å². The van der Waals surface area contributed by atoms with Crippen LogP contribution in [-0.4, -0.2) is 28.9 Å². The lowest BCUT2D eigenvalue weighted by Gasteiger charge is -2.40. The predicted molar refractivity (Wildman–Crippen MR) is 87.5 cm³/mol. The molecule has 0 aromatic heterocycles. The normalized spacial score (nSPS) is 16.6. The molecule has 0 N–H and O–H groups in total. The minimum absolute atomic E-state index is 0.0898. The second kappa shape index (κ2) is 9.35. The summed E-state index contributed by atoms with van der Waals surface area (Å²) in [6.45, 7) is 14.2. The Morgan fingerprint density at radius 2 is 1.95 bits per heavy atom. The highest BCUT2D eigenvalue weighted by molar-refractivity contribution is 6.40. The van der Waals surface area contributed by atoms with Crippen LogP contribution in [0.2, 0.25) is 5.04 Å². The summed E-state index contributed by atoms with van der Waals surface area (Å²) in [5.74, 6) is 0.633. The first-order valence-electron chi connectivity index (χ1n) is 7.66. The molecular formula is C16H32O3Si. The Labute approximate surface area is 127 Å². The summed E-state index contributed by atoms with van der Waals surface area (Å²) in [4.78, 5) is 12.8. The molecule has 0 saturated carbocycles. The number of rotatable bonds is 10. The highest BCUT2D eigenvalue weighted by Crippen LogP contribution is 2.47. The third kappa shape index (κ3) is 5.06. The van der Waals surface area contributed by atoms with Crippen molar-refractivity contribution in [1.29, 1.82) is 0 Å². The van der Waals surface area contributed by atoms with E-state index in [0.29, 0.717) is 18.3 Å². The minimum Gasteiger partial charge on any atom is -0.463 e. The summed E-state index contributed by atoms with van der Waals surface area (Å²) in [5.41, 5.74) is 0. The van der Waals surface area contributed by atoms with Gasteiger partial charge in [-0.15, -0.1) is 6.58 Å². The number of hydrogen-bond donors (Lipinski definition) is 0. The van der Waals surface area contributed by atoms with Crippen LogP contribution in [0.3, 0.4) is 0 Å². The second-order valence-electron chi connectivity index (χ2n) is 6.18. The van der Waals surface area contributed by atoms with E-state index in [4.69, 9.17) is 9.16 Å². The lowest BCUT2D eigenvalue weighted by Crippen LogP contribution is -2.42. The lowest BCUT2D eigenvalue weighted by atomic mass is 9.77. The summed E-state index contributed by atoms with van der Waals surface area (Å²) in [7, 11) is 0.676. The van der Waals surface area contributed by atoms with Gasteiger partial charge in [-0.2, -0.15) is 0 Å². The van der Waals surface area contributed by atoms with Crippen molar-refractivity contribution in [3.05, 3.63) is 12.7 Å². The molecule has 0 aliphatic heterocycles. The molecule has 0 spiro atoms. The van der Waals surface area contributed by atoms with E-state index in [-0.39, 0.29) is 12.1 Å². The average Bonchev–Trinajstić information content (AvgIpc) is 2.34. The van der Waals surface area contributed by atoms with E-state index >= 15 is 0 Å². The highest BCUT2D eigenvalue weighted by atomic mass is 28.2. The number of esters is 1. The third-order valence-electron chi connectivity index (χ3n) is 3.77. The van der Waals surface area contributed by atoms with Gasteiger partial charge in [-0.1, -0.05) is 33.3 Å². The fourth-order valence-corrected chi connectivity index (χ4v) is 4.94. The largest absolute Gasteiger partial charge is 0.463 e. The van der Waals surface area contributed by atoms with E-state index in [1.54, 1.807) is 7.11 Å². The summed E-state index contributed by atoms with van der Waals surface area (Å²) in [6.07, 6.45) is 4.50. The molecule has 20 heavy (non-hydrogen) atoms. The molecule has 0 saturated heterocycles. The molecule has 4 heteroatoms. The Hall–Kier alpha value is -0.613. The zero-order valence-corrected chi connectivity index (χ0v) is 15.5. The molecule has 0 amide bonds. The highest BCUT2D eigenvalue weighted by Gasteiger charge is 2.47. The summed E-state index contributed by atoms with van der Waals surface area (Å²) in [6, 6.07) is 0. The number of ether oxygens (including phenoxy) is 1. The Balaban J connectivity index is 5.57. The van der Waals surface area contributed by atoms with Crippen molar-refractivity contribution in [2.45, 2.75) is 65.0 Å². The van der Waals surface area contributed by atoms with E-state index in [0.717, 1.165) is 12.8 Å². The van der Waals surface area contributed by atoms with E-state index < -0.39 is 14.8 Å². The number of carbonyl (C=O) groups is 1. The summed E-state index contributed by atoms with van der Waals surface area (Å²) >= 11 is 0. The number of allylic oxidation sites excluding steroid dienone is 1. The van der Waals surface area contributed by atoms with Gasteiger partial charge in [0, 0.05) is 7.11 Å². The van der Waals surface area contributed by atoms with Gasteiger partial charge in [-0.05, 0) is 38.5 Å². The van der Waals surface area contributed by atoms with Crippen LogP contribution in [0.4, 0.5) is 0 Å². The summed E-state index contributed by atoms with van der Waals surface area (Å²) in [5, 5.41) is -0.481. The maximum absolute atomic E-state index is 12.8. The van der Waals surface area contributed by atoms with Gasteiger partial charge in [-0.3, -0.25) is 4.79 Å². The van der Waals surface area contributed by atoms with E-state index in [1.165, 1.54) is 0 Å². The van der Waals surface area contributed by atoms with Crippen LogP contribution >= 0.6 is 0 Å². The van der Waals surface area contributed by atoms with Gasteiger partial charge in [0.2, 0.25) is 0 Å². The molecule has 0 radical (unpaired) electrons. The number of hydrogen-bond acceptors (Lipinski definition) is 3. The first kappa shape index (κ1) is 19.4. The fraction of sp³-hybridized carbons (Fsp3) is 0.812. The molecule has 0 bridgehead atoms. The molecule has 2 atom stereocenters. The average molecular weight is 301 g/mol. The topological polar surface area (TPSA) is 35.5 Å². The third-order valence-corrected chi connectivity index (χ3v) is 5.68. The van der Waals surface area contributed by atoms with Gasteiger partial charge in [0.1, 0.15) is 0 Å². The molecule has 118 valence electrons. The van der Waals surface area contributed by atoms with Crippen molar-refractivity contribution >= 4 is 15.7 Å². The Bertz CT molecular complexity index is 302. The first-order chi connectivity index (χ1) is 9.35. The van der Waals surface area contributed by atoms with E-state index in [1.807, 2.05) is 19.9 Å². The lowest BCUT2D eigenvalue weighted by molar-refractivity contribution is -0.154. The first-order valence-corrected chi connectivity index (χ1v) is 8.95. The Kier molecular flexibility index (Phi) is 9.06. The zero-order chi connectivity index (χ0) is 15.8. The number of carbonyl (C=O) groups excluding carboxylic acids is 1. The zero-order valence-electron chi connectivity index (χ0n) is 14.1. The van der Waals surface area contributed by atoms with Crippen LogP contribution in [0, 0.1) is 11.8 Å². The van der Waals surface area contributed by atoms with Gasteiger partial charge < -0.3 is 9.16 Å². The molecule has 0 rings (SSSR count). The van der Waals surface area contributed by atoms with Crippen molar-refractivity contribution in [3.8, 4) is 0 Å². The van der Waals surface area contributed by atoms with E-state index in [2.05, 4.69) is 27.4 Å². The van der Waals surface area contributed by atoms with Crippen molar-refractivity contribution < 1.29 is 14.0 Å². The van der Waals surface area contributed by atoms with Crippen LogP contribution in [0.5, 0.6) is 0 Å².